The highest BCUT2D eigenvalue weighted by atomic mass is 32.2. The number of nitrogens with one attached hydrogen (secondary N) is 2. The van der Waals surface area contributed by atoms with Gasteiger partial charge >= 0.3 is 0 Å². The normalized spacial score (nSPS) is 11.0. The van der Waals surface area contributed by atoms with E-state index in [0.29, 0.717) is 10.7 Å². The first-order chi connectivity index (χ1) is 17.5. The number of nitro groups is 1. The third-order valence-corrected chi connectivity index (χ3v) is 7.30. The largest absolute Gasteiger partial charge is 0.334 e. The number of aromatic nitrogens is 5. The summed E-state index contributed by atoms with van der Waals surface area (Å²) in [5.41, 5.74) is 4.26. The number of nitrogens with two attached hydrogens (primary N) is 1. The number of nitro benzene ring substituents is 1. The van der Waals surface area contributed by atoms with Crippen LogP contribution in [0, 0.1) is 10.1 Å². The Morgan fingerprint density at radius 2 is 1.97 bits per heavy atom. The van der Waals surface area contributed by atoms with E-state index in [1.807, 2.05) is 30.3 Å². The molecule has 36 heavy (non-hydrogen) atoms. The molecule has 184 valence electrons. The average molecular weight is 543 g/mol. The zero-order chi connectivity index (χ0) is 25.3. The number of thioether (sulfide) groups is 2. The number of hydrogen-bond acceptors (Lipinski definition) is 13. The van der Waals surface area contributed by atoms with Gasteiger partial charge in [-0.05, 0) is 5.56 Å². The van der Waals surface area contributed by atoms with Crippen molar-refractivity contribution in [2.45, 2.75) is 15.2 Å². The van der Waals surface area contributed by atoms with Crippen LogP contribution in [0.5, 0.6) is 0 Å². The van der Waals surface area contributed by atoms with Crippen molar-refractivity contribution >= 4 is 63.7 Å². The number of benzene rings is 2. The molecule has 0 aliphatic rings. The second kappa shape index (κ2) is 12.1. The first kappa shape index (κ1) is 25.1. The fourth-order valence-corrected chi connectivity index (χ4v) is 5.04. The Kier molecular flexibility index (Phi) is 8.43. The first-order valence-electron chi connectivity index (χ1n) is 10.1. The van der Waals surface area contributed by atoms with Gasteiger partial charge in [-0.15, -0.1) is 20.4 Å². The zero-order valence-electron chi connectivity index (χ0n) is 18.3. The number of amides is 1. The number of nitrogens with zero attached hydrogens (tertiary/aromatic N) is 7. The van der Waals surface area contributed by atoms with Crippen LogP contribution in [0.2, 0.25) is 0 Å². The van der Waals surface area contributed by atoms with Gasteiger partial charge in [-0.3, -0.25) is 20.2 Å². The SMILES string of the molecule is Nn1c(N/N=C/c2cccc([N+](=O)[O-])c2)nnc1SCC(=O)Nc1nnc(SCc2ccccc2)s1. The average Bonchev–Trinajstić information content (AvgIpc) is 3.48. The van der Waals surface area contributed by atoms with Crippen molar-refractivity contribution in [3.63, 3.8) is 0 Å². The molecule has 2 aromatic carbocycles. The van der Waals surface area contributed by atoms with Crippen molar-refractivity contribution in [1.82, 2.24) is 25.1 Å². The van der Waals surface area contributed by atoms with Gasteiger partial charge in [0, 0.05) is 23.4 Å². The van der Waals surface area contributed by atoms with E-state index in [1.165, 1.54) is 35.2 Å². The summed E-state index contributed by atoms with van der Waals surface area (Å²) in [5.74, 6) is 6.58. The molecule has 2 aromatic heterocycles. The minimum atomic E-state index is -0.490. The molecule has 0 aliphatic carbocycles. The fourth-order valence-electron chi connectivity index (χ4n) is 2.66. The van der Waals surface area contributed by atoms with Crippen molar-refractivity contribution in [2.75, 3.05) is 22.3 Å². The lowest BCUT2D eigenvalue weighted by Crippen LogP contribution is -2.16. The molecule has 0 saturated carbocycles. The predicted octanol–water partition coefficient (Wildman–Crippen LogP) is 3.22. The molecule has 13 nitrogen and oxygen atoms in total. The second-order valence-corrected chi connectivity index (χ2v) is 10.0. The van der Waals surface area contributed by atoms with E-state index in [2.05, 4.69) is 36.2 Å². The van der Waals surface area contributed by atoms with E-state index >= 15 is 0 Å². The van der Waals surface area contributed by atoms with Gasteiger partial charge in [-0.25, -0.2) is 10.1 Å². The van der Waals surface area contributed by atoms with Gasteiger partial charge in [0.15, 0.2) is 4.34 Å². The highest BCUT2D eigenvalue weighted by Gasteiger charge is 2.14. The second-order valence-electron chi connectivity index (χ2n) is 6.88. The standard InChI is InChI=1S/C20H18N10O3S3/c21-29-17(24-22-10-14-7-4-8-15(9-14)30(32)33)25-27-19(29)34-12-16(31)23-18-26-28-20(36-18)35-11-13-5-2-1-3-6-13/h1-10H,11-12,21H2,(H,24,25)(H,23,26,31)/b22-10+. The summed E-state index contributed by atoms with van der Waals surface area (Å²) in [4.78, 5) is 22.7. The molecule has 4 rings (SSSR count). The van der Waals surface area contributed by atoms with Crippen LogP contribution in [0.1, 0.15) is 11.1 Å². The van der Waals surface area contributed by atoms with Gasteiger partial charge < -0.3 is 5.84 Å². The van der Waals surface area contributed by atoms with Crippen molar-refractivity contribution in [3.8, 4) is 0 Å². The number of hydrazone groups is 1. The lowest BCUT2D eigenvalue weighted by molar-refractivity contribution is -0.384. The van der Waals surface area contributed by atoms with Crippen LogP contribution in [-0.2, 0) is 10.5 Å². The molecular formula is C20H18N10O3S3. The van der Waals surface area contributed by atoms with Gasteiger partial charge in [0.05, 0.1) is 16.9 Å². The van der Waals surface area contributed by atoms with E-state index < -0.39 is 4.92 Å². The van der Waals surface area contributed by atoms with Gasteiger partial charge in [-0.2, -0.15) is 5.10 Å². The number of anilines is 2. The highest BCUT2D eigenvalue weighted by molar-refractivity contribution is 8.00. The number of carbonyl (C=O) groups excluding carboxylic acids is 1. The zero-order valence-corrected chi connectivity index (χ0v) is 20.8. The van der Waals surface area contributed by atoms with Crippen LogP contribution in [-0.4, -0.2) is 47.9 Å². The maximum Gasteiger partial charge on any atom is 0.270 e. The third-order valence-electron chi connectivity index (χ3n) is 4.31. The lowest BCUT2D eigenvalue weighted by Gasteiger charge is -2.03. The monoisotopic (exact) mass is 542 g/mol. The van der Waals surface area contributed by atoms with Gasteiger partial charge in [0.25, 0.3) is 11.6 Å². The van der Waals surface area contributed by atoms with Crippen LogP contribution >= 0.6 is 34.9 Å². The molecule has 16 heteroatoms. The highest BCUT2D eigenvalue weighted by Crippen LogP contribution is 2.28. The minimum absolute atomic E-state index is 0.0261. The number of hydrogen-bond donors (Lipinski definition) is 3. The Morgan fingerprint density at radius 3 is 2.78 bits per heavy atom. The van der Waals surface area contributed by atoms with E-state index in [0.717, 1.165) is 26.5 Å². The third kappa shape index (κ3) is 7.00. The molecule has 4 N–H and O–H groups in total. The molecule has 0 unspecified atom stereocenters. The number of carbonyl (C=O) groups is 1. The number of nitrogen functional groups attached to an aromatic ring is 1. The maximum absolute atomic E-state index is 12.3. The number of rotatable bonds is 11. The Labute approximate surface area is 216 Å². The van der Waals surface area contributed by atoms with Crippen LogP contribution in [0.4, 0.5) is 16.8 Å². The van der Waals surface area contributed by atoms with Crippen LogP contribution in [0.15, 0.2) is 69.2 Å². The molecule has 0 radical (unpaired) electrons. The molecule has 0 aliphatic heterocycles. The van der Waals surface area contributed by atoms with Crippen LogP contribution < -0.4 is 16.6 Å². The molecule has 2 heterocycles. The van der Waals surface area contributed by atoms with E-state index in [-0.39, 0.29) is 28.5 Å². The van der Waals surface area contributed by atoms with Gasteiger partial charge in [-0.1, -0.05) is 77.3 Å². The molecular weight excluding hydrogens is 524 g/mol. The van der Waals surface area contributed by atoms with E-state index in [4.69, 9.17) is 5.84 Å². The summed E-state index contributed by atoms with van der Waals surface area (Å²) in [6.07, 6.45) is 1.39. The summed E-state index contributed by atoms with van der Waals surface area (Å²) in [6, 6.07) is 16.0. The molecule has 0 atom stereocenters. The molecule has 4 aromatic rings. The Morgan fingerprint density at radius 1 is 1.14 bits per heavy atom. The molecule has 0 fully saturated rings. The summed E-state index contributed by atoms with van der Waals surface area (Å²) in [7, 11) is 0. The summed E-state index contributed by atoms with van der Waals surface area (Å²) >= 11 is 3.92. The van der Waals surface area contributed by atoms with Crippen molar-refractivity contribution in [2.24, 2.45) is 5.10 Å². The Balaban J connectivity index is 1.24. The summed E-state index contributed by atoms with van der Waals surface area (Å²) < 4.78 is 1.90. The molecule has 0 saturated heterocycles. The Bertz CT molecular complexity index is 1380. The molecule has 0 bridgehead atoms. The van der Waals surface area contributed by atoms with Crippen molar-refractivity contribution < 1.29 is 9.72 Å². The minimum Gasteiger partial charge on any atom is -0.334 e. The van der Waals surface area contributed by atoms with Gasteiger partial charge in [0.1, 0.15) is 0 Å². The van der Waals surface area contributed by atoms with E-state index in [9.17, 15) is 14.9 Å². The van der Waals surface area contributed by atoms with Crippen molar-refractivity contribution in [1.29, 1.82) is 0 Å². The lowest BCUT2D eigenvalue weighted by atomic mass is 10.2. The molecule has 0 spiro atoms. The quantitative estimate of drug-likeness (QED) is 0.0632. The Hall–Kier alpha value is -4.02. The first-order valence-corrected chi connectivity index (χ1v) is 12.9. The van der Waals surface area contributed by atoms with Crippen LogP contribution in [0.25, 0.3) is 0 Å². The molecule has 1 amide bonds. The van der Waals surface area contributed by atoms with Crippen molar-refractivity contribution in [3.05, 3.63) is 75.8 Å². The maximum atomic E-state index is 12.3. The van der Waals surface area contributed by atoms with Crippen LogP contribution in [0.3, 0.4) is 0 Å². The predicted molar refractivity (Wildman–Crippen MR) is 140 cm³/mol. The number of non-ortho nitro benzene ring substituents is 1. The van der Waals surface area contributed by atoms with Gasteiger partial charge in [0.2, 0.25) is 16.2 Å². The fraction of sp³-hybridized carbons (Fsp3) is 0.100. The smallest absolute Gasteiger partial charge is 0.270 e. The van der Waals surface area contributed by atoms with E-state index in [1.54, 1.807) is 23.9 Å². The topological polar surface area (TPSA) is 179 Å². The summed E-state index contributed by atoms with van der Waals surface area (Å²) in [5, 5.41) is 34.1. The summed E-state index contributed by atoms with van der Waals surface area (Å²) in [6.45, 7) is 0.